The normalized spacial score (nSPS) is 15.5. The van der Waals surface area contributed by atoms with E-state index in [2.05, 4.69) is 15.3 Å². The molecule has 0 saturated heterocycles. The highest BCUT2D eigenvalue weighted by molar-refractivity contribution is 6.06. The third kappa shape index (κ3) is 3.23. The van der Waals surface area contributed by atoms with Crippen molar-refractivity contribution in [3.05, 3.63) is 77.8 Å². The fraction of sp³-hybridized carbons (Fsp3) is 0.150. The zero-order chi connectivity index (χ0) is 19.0. The van der Waals surface area contributed by atoms with Crippen LogP contribution < -0.4 is 10.2 Å². The predicted octanol–water partition coefficient (Wildman–Crippen LogP) is 4.09. The van der Waals surface area contributed by atoms with Gasteiger partial charge in [0.2, 0.25) is 0 Å². The SMILES string of the molecule is CC1Cc2ccccc2N1C(=O)c1cnc(Nc2ccc(F)cc2F)cn1. The van der Waals surface area contributed by atoms with Crippen LogP contribution in [0.1, 0.15) is 23.0 Å². The average Bonchev–Trinajstić information content (AvgIpc) is 3.00. The van der Waals surface area contributed by atoms with E-state index in [0.29, 0.717) is 0 Å². The van der Waals surface area contributed by atoms with Crippen molar-refractivity contribution in [2.24, 2.45) is 0 Å². The van der Waals surface area contributed by atoms with Crippen molar-refractivity contribution in [3.63, 3.8) is 0 Å². The van der Waals surface area contributed by atoms with Crippen molar-refractivity contribution < 1.29 is 13.6 Å². The van der Waals surface area contributed by atoms with Crippen LogP contribution in [0.2, 0.25) is 0 Å². The lowest BCUT2D eigenvalue weighted by Crippen LogP contribution is -2.36. The van der Waals surface area contributed by atoms with Crippen LogP contribution in [0.4, 0.5) is 26.0 Å². The third-order valence-electron chi connectivity index (χ3n) is 4.49. The quantitative estimate of drug-likeness (QED) is 0.759. The fourth-order valence-electron chi connectivity index (χ4n) is 3.23. The lowest BCUT2D eigenvalue weighted by molar-refractivity contribution is 0.0976. The first-order valence-corrected chi connectivity index (χ1v) is 8.48. The highest BCUT2D eigenvalue weighted by Crippen LogP contribution is 2.32. The number of fused-ring (bicyclic) bond motifs is 1. The molecule has 5 nitrogen and oxygen atoms in total. The number of nitrogens with zero attached hydrogens (tertiary/aromatic N) is 3. The first-order valence-electron chi connectivity index (χ1n) is 8.48. The van der Waals surface area contributed by atoms with Crippen molar-refractivity contribution in [1.82, 2.24) is 9.97 Å². The number of hydrogen-bond acceptors (Lipinski definition) is 4. The van der Waals surface area contributed by atoms with Gasteiger partial charge in [0, 0.05) is 17.8 Å². The molecule has 1 unspecified atom stereocenters. The standard InChI is InChI=1S/C20H16F2N4O/c1-12-8-13-4-2-3-5-18(13)26(12)20(27)17-10-24-19(11-23-17)25-16-7-6-14(21)9-15(16)22/h2-7,9-12H,8H2,1H3,(H,24,25). The summed E-state index contributed by atoms with van der Waals surface area (Å²) in [5.41, 5.74) is 2.28. The highest BCUT2D eigenvalue weighted by atomic mass is 19.1. The molecular formula is C20H16F2N4O. The molecule has 3 aromatic rings. The highest BCUT2D eigenvalue weighted by Gasteiger charge is 2.31. The lowest BCUT2D eigenvalue weighted by atomic mass is 10.1. The maximum Gasteiger partial charge on any atom is 0.278 e. The number of amides is 1. The maximum atomic E-state index is 13.7. The van der Waals surface area contributed by atoms with E-state index in [1.54, 1.807) is 4.90 Å². The van der Waals surface area contributed by atoms with E-state index in [9.17, 15) is 13.6 Å². The van der Waals surface area contributed by atoms with E-state index in [1.165, 1.54) is 18.5 Å². The Hall–Kier alpha value is -3.35. The molecule has 136 valence electrons. The first kappa shape index (κ1) is 17.1. The number of para-hydroxylation sites is 1. The van der Waals surface area contributed by atoms with E-state index < -0.39 is 11.6 Å². The molecule has 0 radical (unpaired) electrons. The molecule has 4 rings (SSSR count). The Kier molecular flexibility index (Phi) is 4.27. The molecule has 27 heavy (non-hydrogen) atoms. The van der Waals surface area contributed by atoms with Crippen LogP contribution >= 0.6 is 0 Å². The largest absolute Gasteiger partial charge is 0.337 e. The number of carbonyl (C=O) groups excluding carboxylic acids is 1. The summed E-state index contributed by atoms with van der Waals surface area (Å²) in [6, 6.07) is 11.0. The summed E-state index contributed by atoms with van der Waals surface area (Å²) in [5, 5.41) is 2.72. The number of carbonyl (C=O) groups is 1. The molecule has 0 spiro atoms. The molecule has 1 atom stereocenters. The van der Waals surface area contributed by atoms with Crippen molar-refractivity contribution in [2.45, 2.75) is 19.4 Å². The van der Waals surface area contributed by atoms with Gasteiger partial charge in [0.15, 0.2) is 0 Å². The number of nitrogens with one attached hydrogen (secondary N) is 1. The van der Waals surface area contributed by atoms with Gasteiger partial charge in [-0.05, 0) is 37.1 Å². The monoisotopic (exact) mass is 366 g/mol. The Balaban J connectivity index is 1.55. The predicted molar refractivity (Wildman–Crippen MR) is 98.1 cm³/mol. The van der Waals surface area contributed by atoms with Gasteiger partial charge < -0.3 is 10.2 Å². The van der Waals surface area contributed by atoms with Gasteiger partial charge in [0.25, 0.3) is 5.91 Å². The smallest absolute Gasteiger partial charge is 0.278 e. The van der Waals surface area contributed by atoms with Gasteiger partial charge in [-0.15, -0.1) is 0 Å². The van der Waals surface area contributed by atoms with Crippen molar-refractivity contribution in [2.75, 3.05) is 10.2 Å². The first-order chi connectivity index (χ1) is 13.0. The van der Waals surface area contributed by atoms with Crippen LogP contribution in [0.5, 0.6) is 0 Å². The summed E-state index contributed by atoms with van der Waals surface area (Å²) in [5.74, 6) is -1.38. The third-order valence-corrected chi connectivity index (χ3v) is 4.49. The Labute approximate surface area is 154 Å². The van der Waals surface area contributed by atoms with Crippen molar-refractivity contribution in [1.29, 1.82) is 0 Å². The van der Waals surface area contributed by atoms with E-state index in [0.717, 1.165) is 29.8 Å². The van der Waals surface area contributed by atoms with Crippen LogP contribution in [0.3, 0.4) is 0 Å². The lowest BCUT2D eigenvalue weighted by Gasteiger charge is -2.22. The number of rotatable bonds is 3. The molecule has 7 heteroatoms. The molecule has 0 fully saturated rings. The maximum absolute atomic E-state index is 13.7. The number of aromatic nitrogens is 2. The molecule has 0 saturated carbocycles. The van der Waals surface area contributed by atoms with Gasteiger partial charge >= 0.3 is 0 Å². The number of anilines is 3. The van der Waals surface area contributed by atoms with E-state index in [-0.39, 0.29) is 29.1 Å². The average molecular weight is 366 g/mol. The molecule has 0 aliphatic carbocycles. The second kappa shape index (κ2) is 6.75. The summed E-state index contributed by atoms with van der Waals surface area (Å²) in [6.45, 7) is 1.98. The zero-order valence-electron chi connectivity index (χ0n) is 14.5. The molecule has 1 aliphatic heterocycles. The van der Waals surface area contributed by atoms with Crippen LogP contribution in [0.15, 0.2) is 54.9 Å². The second-order valence-electron chi connectivity index (χ2n) is 6.39. The van der Waals surface area contributed by atoms with Gasteiger partial charge in [-0.1, -0.05) is 18.2 Å². The molecule has 1 aromatic heterocycles. The molecule has 2 heterocycles. The minimum Gasteiger partial charge on any atom is -0.337 e. The summed E-state index contributed by atoms with van der Waals surface area (Å²) in [6.07, 6.45) is 3.49. The van der Waals surface area contributed by atoms with Crippen LogP contribution in [0.25, 0.3) is 0 Å². The van der Waals surface area contributed by atoms with Crippen LogP contribution in [-0.2, 0) is 6.42 Å². The Bertz CT molecular complexity index is 1010. The number of halogens is 2. The van der Waals surface area contributed by atoms with Crippen LogP contribution in [-0.4, -0.2) is 21.9 Å². The zero-order valence-corrected chi connectivity index (χ0v) is 14.5. The summed E-state index contributed by atoms with van der Waals surface area (Å²) >= 11 is 0. The topological polar surface area (TPSA) is 58.1 Å². The Morgan fingerprint density at radius 3 is 2.70 bits per heavy atom. The van der Waals surface area contributed by atoms with Gasteiger partial charge in [0.1, 0.15) is 23.1 Å². The second-order valence-corrected chi connectivity index (χ2v) is 6.39. The molecule has 1 amide bonds. The number of benzene rings is 2. The summed E-state index contributed by atoms with van der Waals surface area (Å²) in [7, 11) is 0. The van der Waals surface area contributed by atoms with Crippen molar-refractivity contribution in [3.8, 4) is 0 Å². The van der Waals surface area contributed by atoms with Gasteiger partial charge in [-0.25, -0.2) is 18.7 Å². The molecule has 2 aromatic carbocycles. The molecular weight excluding hydrogens is 350 g/mol. The summed E-state index contributed by atoms with van der Waals surface area (Å²) in [4.78, 5) is 22.9. The van der Waals surface area contributed by atoms with Crippen LogP contribution in [0, 0.1) is 11.6 Å². The van der Waals surface area contributed by atoms with Gasteiger partial charge in [0.05, 0.1) is 18.1 Å². The van der Waals surface area contributed by atoms with E-state index in [1.807, 2.05) is 31.2 Å². The number of hydrogen-bond donors (Lipinski definition) is 1. The molecule has 1 N–H and O–H groups in total. The van der Waals surface area contributed by atoms with Crippen molar-refractivity contribution >= 4 is 23.1 Å². The Morgan fingerprint density at radius 2 is 1.96 bits per heavy atom. The molecule has 1 aliphatic rings. The van der Waals surface area contributed by atoms with Gasteiger partial charge in [-0.2, -0.15) is 0 Å². The van der Waals surface area contributed by atoms with Gasteiger partial charge in [-0.3, -0.25) is 4.79 Å². The van der Waals surface area contributed by atoms with E-state index in [4.69, 9.17) is 0 Å². The minimum atomic E-state index is -0.737. The summed E-state index contributed by atoms with van der Waals surface area (Å²) < 4.78 is 26.7. The Morgan fingerprint density at radius 1 is 1.15 bits per heavy atom. The molecule has 0 bridgehead atoms. The fourth-order valence-corrected chi connectivity index (χ4v) is 3.23. The minimum absolute atomic E-state index is 0.0304. The van der Waals surface area contributed by atoms with E-state index >= 15 is 0 Å².